The summed E-state index contributed by atoms with van der Waals surface area (Å²) in [5.74, 6) is 0.833. The van der Waals surface area contributed by atoms with Gasteiger partial charge in [-0.2, -0.15) is 0 Å². The Morgan fingerprint density at radius 3 is 3.05 bits per heavy atom. The van der Waals surface area contributed by atoms with Crippen LogP contribution in [0.4, 0.5) is 0 Å². The van der Waals surface area contributed by atoms with E-state index in [-0.39, 0.29) is 0 Å². The van der Waals surface area contributed by atoms with Gasteiger partial charge in [0.1, 0.15) is 17.1 Å². The van der Waals surface area contributed by atoms with Crippen molar-refractivity contribution in [2.75, 3.05) is 6.54 Å². The maximum atomic E-state index is 5.14. The fourth-order valence-electron chi connectivity index (χ4n) is 2.52. The third kappa shape index (κ3) is 2.97. The van der Waals surface area contributed by atoms with E-state index in [2.05, 4.69) is 39.2 Å². The summed E-state index contributed by atoms with van der Waals surface area (Å²) in [6.07, 6.45) is 5.12. The van der Waals surface area contributed by atoms with Crippen molar-refractivity contribution >= 4 is 11.0 Å². The number of hydrogen-bond donors (Lipinski definition) is 1. The molecule has 3 aromatic rings. The number of aromatic nitrogens is 3. The van der Waals surface area contributed by atoms with Gasteiger partial charge in [0.15, 0.2) is 0 Å². The maximum Gasteiger partial charge on any atom is 0.140 e. The molecule has 0 fully saturated rings. The zero-order valence-corrected chi connectivity index (χ0v) is 12.5. The number of nitrogens with zero attached hydrogens (tertiary/aromatic N) is 3. The van der Waals surface area contributed by atoms with Crippen molar-refractivity contribution in [2.24, 2.45) is 0 Å². The first-order chi connectivity index (χ1) is 10.3. The molecule has 1 N–H and O–H groups in total. The van der Waals surface area contributed by atoms with Crippen LogP contribution in [0.2, 0.25) is 0 Å². The molecule has 3 aromatic heterocycles. The Bertz CT molecular complexity index is 729. The molecule has 0 saturated carbocycles. The summed E-state index contributed by atoms with van der Waals surface area (Å²) in [7, 11) is 0. The summed E-state index contributed by atoms with van der Waals surface area (Å²) in [5.41, 5.74) is 3.18. The van der Waals surface area contributed by atoms with E-state index in [1.54, 1.807) is 0 Å². The van der Waals surface area contributed by atoms with E-state index in [1.165, 1.54) is 10.9 Å². The van der Waals surface area contributed by atoms with E-state index in [9.17, 15) is 0 Å². The van der Waals surface area contributed by atoms with Gasteiger partial charge in [-0.3, -0.25) is 0 Å². The lowest BCUT2D eigenvalue weighted by atomic mass is 10.2. The summed E-state index contributed by atoms with van der Waals surface area (Å²) in [6.45, 7) is 6.64. The molecule has 110 valence electrons. The van der Waals surface area contributed by atoms with Crippen LogP contribution in [0, 0.1) is 6.92 Å². The van der Waals surface area contributed by atoms with Crippen LogP contribution in [0.25, 0.3) is 11.0 Å². The van der Waals surface area contributed by atoms with Crippen LogP contribution >= 0.6 is 0 Å². The van der Waals surface area contributed by atoms with E-state index in [0.29, 0.717) is 6.54 Å². The fraction of sp³-hybridized carbons (Fsp3) is 0.375. The van der Waals surface area contributed by atoms with Gasteiger partial charge in [-0.05, 0) is 37.6 Å². The Labute approximate surface area is 124 Å². The number of hydrogen-bond acceptors (Lipinski definition) is 4. The summed E-state index contributed by atoms with van der Waals surface area (Å²) >= 11 is 0. The van der Waals surface area contributed by atoms with Crippen LogP contribution in [0.1, 0.15) is 30.4 Å². The molecule has 0 atom stereocenters. The third-order valence-electron chi connectivity index (χ3n) is 3.47. The van der Waals surface area contributed by atoms with Gasteiger partial charge in [0.25, 0.3) is 0 Å². The van der Waals surface area contributed by atoms with Crippen molar-refractivity contribution in [3.05, 3.63) is 47.6 Å². The molecule has 0 aliphatic carbocycles. The van der Waals surface area contributed by atoms with Crippen molar-refractivity contribution in [2.45, 2.75) is 33.4 Å². The topological polar surface area (TPSA) is 55.9 Å². The molecule has 5 heteroatoms. The Morgan fingerprint density at radius 1 is 1.38 bits per heavy atom. The molecule has 0 spiro atoms. The first-order valence-corrected chi connectivity index (χ1v) is 7.33. The lowest BCUT2D eigenvalue weighted by molar-refractivity contribution is 0.389. The first-order valence-electron chi connectivity index (χ1n) is 7.33. The molecule has 3 rings (SSSR count). The zero-order valence-electron chi connectivity index (χ0n) is 12.5. The molecule has 21 heavy (non-hydrogen) atoms. The summed E-state index contributed by atoms with van der Waals surface area (Å²) in [5, 5.41) is 8.71. The molecule has 0 aliphatic rings. The molecular weight excluding hydrogens is 264 g/mol. The Hall–Kier alpha value is -2.14. The number of fused-ring (bicyclic) bond motifs is 1. The third-order valence-corrected chi connectivity index (χ3v) is 3.47. The number of rotatable bonds is 6. The van der Waals surface area contributed by atoms with E-state index in [4.69, 9.17) is 4.52 Å². The van der Waals surface area contributed by atoms with Crippen molar-refractivity contribution in [3.8, 4) is 0 Å². The summed E-state index contributed by atoms with van der Waals surface area (Å²) in [6, 6.07) is 6.07. The monoisotopic (exact) mass is 284 g/mol. The first kappa shape index (κ1) is 13.8. The molecule has 3 heterocycles. The largest absolute Gasteiger partial charge is 0.361 e. The van der Waals surface area contributed by atoms with Gasteiger partial charge in [-0.15, -0.1) is 0 Å². The minimum absolute atomic E-state index is 0.679. The normalized spacial score (nSPS) is 11.3. The second-order valence-corrected chi connectivity index (χ2v) is 5.26. The maximum absolute atomic E-state index is 5.14. The predicted octanol–water partition coefficient (Wildman–Crippen LogP) is 2.88. The SMILES string of the molecule is CCCNCc1cn(Cc2cc(C)on2)c2ncccc12. The quantitative estimate of drug-likeness (QED) is 0.707. The molecule has 0 radical (unpaired) electrons. The molecular formula is C16H20N4O. The minimum Gasteiger partial charge on any atom is -0.361 e. The van der Waals surface area contributed by atoms with Crippen LogP contribution in [0.5, 0.6) is 0 Å². The van der Waals surface area contributed by atoms with Gasteiger partial charge >= 0.3 is 0 Å². The molecule has 0 unspecified atom stereocenters. The van der Waals surface area contributed by atoms with Gasteiger partial charge in [0.05, 0.1) is 6.54 Å². The molecule has 0 aliphatic heterocycles. The Kier molecular flexibility index (Phi) is 4.01. The van der Waals surface area contributed by atoms with Crippen molar-refractivity contribution < 1.29 is 4.52 Å². The summed E-state index contributed by atoms with van der Waals surface area (Å²) in [4.78, 5) is 4.51. The zero-order chi connectivity index (χ0) is 14.7. The highest BCUT2D eigenvalue weighted by Crippen LogP contribution is 2.20. The van der Waals surface area contributed by atoms with Crippen LogP contribution in [0.3, 0.4) is 0 Å². The van der Waals surface area contributed by atoms with Gasteiger partial charge < -0.3 is 14.4 Å². The lowest BCUT2D eigenvalue weighted by Gasteiger charge is -2.00. The van der Waals surface area contributed by atoms with Gasteiger partial charge in [0.2, 0.25) is 0 Å². The molecule has 0 saturated heterocycles. The van der Waals surface area contributed by atoms with Gasteiger partial charge in [-0.1, -0.05) is 12.1 Å². The van der Waals surface area contributed by atoms with Crippen LogP contribution in [-0.4, -0.2) is 21.3 Å². The van der Waals surface area contributed by atoms with E-state index >= 15 is 0 Å². The van der Waals surface area contributed by atoms with Crippen LogP contribution < -0.4 is 5.32 Å². The van der Waals surface area contributed by atoms with E-state index < -0.39 is 0 Å². The number of aryl methyl sites for hydroxylation is 1. The predicted molar refractivity (Wildman–Crippen MR) is 82.1 cm³/mol. The van der Waals surface area contributed by atoms with Crippen LogP contribution in [-0.2, 0) is 13.1 Å². The highest BCUT2D eigenvalue weighted by Gasteiger charge is 2.10. The Morgan fingerprint density at radius 2 is 2.29 bits per heavy atom. The molecule has 5 nitrogen and oxygen atoms in total. The summed E-state index contributed by atoms with van der Waals surface area (Å²) < 4.78 is 7.27. The van der Waals surface area contributed by atoms with E-state index in [1.807, 2.05) is 25.3 Å². The second-order valence-electron chi connectivity index (χ2n) is 5.26. The highest BCUT2D eigenvalue weighted by molar-refractivity contribution is 5.80. The van der Waals surface area contributed by atoms with Gasteiger partial charge in [0, 0.05) is 30.4 Å². The fourth-order valence-corrected chi connectivity index (χ4v) is 2.52. The minimum atomic E-state index is 0.679. The molecule has 0 amide bonds. The highest BCUT2D eigenvalue weighted by atomic mass is 16.5. The van der Waals surface area contributed by atoms with E-state index in [0.717, 1.165) is 36.6 Å². The van der Waals surface area contributed by atoms with Crippen molar-refractivity contribution in [3.63, 3.8) is 0 Å². The molecule has 0 bridgehead atoms. The molecule has 0 aromatic carbocycles. The smallest absolute Gasteiger partial charge is 0.140 e. The average Bonchev–Trinajstić information content (AvgIpc) is 3.05. The van der Waals surface area contributed by atoms with Crippen molar-refractivity contribution in [1.29, 1.82) is 0 Å². The average molecular weight is 284 g/mol. The number of pyridine rings is 1. The number of nitrogens with one attached hydrogen (secondary N) is 1. The Balaban J connectivity index is 1.90. The lowest BCUT2D eigenvalue weighted by Crippen LogP contribution is -2.13. The standard InChI is InChI=1S/C16H20N4O/c1-3-6-17-9-13-10-20(11-14-8-12(2)21-19-14)16-15(13)5-4-7-18-16/h4-5,7-8,10,17H,3,6,9,11H2,1-2H3. The van der Waals surface area contributed by atoms with Crippen molar-refractivity contribution in [1.82, 2.24) is 20.0 Å². The van der Waals surface area contributed by atoms with Crippen LogP contribution in [0.15, 0.2) is 35.1 Å². The van der Waals surface area contributed by atoms with Gasteiger partial charge in [-0.25, -0.2) is 4.98 Å². The second kappa shape index (κ2) is 6.10.